The average molecular weight is 773 g/mol. The zero-order valence-corrected chi connectivity index (χ0v) is 33.0. The fourth-order valence-corrected chi connectivity index (χ4v) is 8.57. The van der Waals surface area contributed by atoms with Crippen molar-refractivity contribution in [2.24, 2.45) is 23.7 Å². The molecule has 3 aliphatic rings. The lowest BCUT2D eigenvalue weighted by Crippen LogP contribution is -2.51. The molecule has 5 unspecified atom stereocenters. The topological polar surface area (TPSA) is 167 Å². The second-order valence-electron chi connectivity index (χ2n) is 15.5. The van der Waals surface area contributed by atoms with E-state index < -0.39 is 12.1 Å². The van der Waals surface area contributed by atoms with Gasteiger partial charge in [0.1, 0.15) is 11.9 Å². The van der Waals surface area contributed by atoms with Crippen LogP contribution < -0.4 is 15.4 Å². The van der Waals surface area contributed by atoms with Crippen molar-refractivity contribution >= 4 is 17.9 Å². The van der Waals surface area contributed by atoms with Crippen molar-refractivity contribution in [3.8, 4) is 39.5 Å². The predicted molar refractivity (Wildman–Crippen MR) is 216 cm³/mol. The largest absolute Gasteiger partial charge is 0.481 e. The van der Waals surface area contributed by atoms with Crippen molar-refractivity contribution < 1.29 is 23.9 Å². The van der Waals surface area contributed by atoms with Crippen LogP contribution in [0, 0.1) is 23.7 Å². The summed E-state index contributed by atoms with van der Waals surface area (Å²) in [6.45, 7) is 4.95. The molecule has 2 bridgehead atoms. The Balaban J connectivity index is 0.000000218. The van der Waals surface area contributed by atoms with Crippen molar-refractivity contribution in [1.82, 2.24) is 40.5 Å². The van der Waals surface area contributed by atoms with Gasteiger partial charge in [-0.05, 0) is 78.2 Å². The van der Waals surface area contributed by atoms with Crippen LogP contribution in [-0.4, -0.2) is 74.5 Å². The molecule has 298 valence electrons. The number of pyridine rings is 1. The van der Waals surface area contributed by atoms with Crippen LogP contribution in [0.2, 0.25) is 0 Å². The molecule has 8 rings (SSSR count). The third-order valence-electron chi connectivity index (χ3n) is 11.6. The van der Waals surface area contributed by atoms with Crippen LogP contribution in [-0.2, 0) is 20.9 Å². The highest BCUT2D eigenvalue weighted by atomic mass is 16.5. The lowest BCUT2D eigenvalue weighted by molar-refractivity contribution is -0.135. The van der Waals surface area contributed by atoms with Gasteiger partial charge in [-0.15, -0.1) is 0 Å². The molecule has 13 heteroatoms. The number of nitrogens with one attached hydrogen (secondary N) is 4. The smallest absolute Gasteiger partial charge is 0.407 e. The Bertz CT molecular complexity index is 2110. The van der Waals surface area contributed by atoms with Crippen LogP contribution in [0.15, 0.2) is 85.6 Å². The molecule has 5 atom stereocenters. The van der Waals surface area contributed by atoms with Gasteiger partial charge in [-0.25, -0.2) is 19.7 Å². The fraction of sp³-hybridized carbons (Fsp3) is 0.409. The third-order valence-corrected chi connectivity index (χ3v) is 11.6. The number of nitrogens with zero attached hydrogens (tertiary/aromatic N) is 4. The summed E-state index contributed by atoms with van der Waals surface area (Å²) in [5.74, 6) is 3.03. The number of ether oxygens (including phenoxy) is 2. The monoisotopic (exact) mass is 772 g/mol. The highest BCUT2D eigenvalue weighted by molar-refractivity contribution is 5.86. The van der Waals surface area contributed by atoms with E-state index in [1.54, 1.807) is 19.6 Å². The van der Waals surface area contributed by atoms with E-state index in [2.05, 4.69) is 84.1 Å². The minimum Gasteiger partial charge on any atom is -0.481 e. The molecule has 1 saturated heterocycles. The second-order valence-corrected chi connectivity index (χ2v) is 15.5. The van der Waals surface area contributed by atoms with E-state index in [-0.39, 0.29) is 29.7 Å². The molecule has 3 aromatic heterocycles. The number of hydrogen-bond donors (Lipinski definition) is 4. The van der Waals surface area contributed by atoms with E-state index in [1.165, 1.54) is 26.4 Å². The quantitative estimate of drug-likeness (QED) is 0.108. The Labute approximate surface area is 333 Å². The number of fused-ring (bicyclic) bond motifs is 2. The van der Waals surface area contributed by atoms with Crippen LogP contribution in [0.25, 0.3) is 33.6 Å². The number of aromatic amines is 2. The van der Waals surface area contributed by atoms with Crippen LogP contribution >= 0.6 is 0 Å². The molecular weight excluding hydrogens is 721 g/mol. The van der Waals surface area contributed by atoms with Crippen LogP contribution in [0.4, 0.5) is 4.79 Å². The summed E-state index contributed by atoms with van der Waals surface area (Å²) in [4.78, 5) is 58.6. The first kappa shape index (κ1) is 39.3. The average Bonchev–Trinajstić information content (AvgIpc) is 4.11. The van der Waals surface area contributed by atoms with Gasteiger partial charge in [0.2, 0.25) is 17.7 Å². The standard InChI is InChI=1S/C29H32N6O3.C15H20N2O2/c1-18(2)26(34-29(37)38-3)28(36)35-14-4-5-25(35)27-31-16-24(33-27)22-12-8-20(9-13-22)19-6-10-21(11-7-19)23-15-30-17-32-23;1-19-15-12(3-2-6-16-15)9-17-14(18)13-8-10-4-5-11(13)7-10/h6-13,15-18,25-26H,4-5,14H2,1-3H3,(H,30,32)(H,31,33)(H,34,37);2-3,6,10-11,13H,4-5,7-9H2,1H3,(H,17,18). The zero-order chi connectivity index (χ0) is 39.9. The summed E-state index contributed by atoms with van der Waals surface area (Å²) in [5.41, 5.74) is 7.18. The fourth-order valence-electron chi connectivity index (χ4n) is 8.57. The molecule has 2 saturated carbocycles. The van der Waals surface area contributed by atoms with Crippen molar-refractivity contribution in [1.29, 1.82) is 0 Å². The van der Waals surface area contributed by atoms with Crippen LogP contribution in [0.5, 0.6) is 5.88 Å². The van der Waals surface area contributed by atoms with E-state index in [0.29, 0.717) is 24.9 Å². The van der Waals surface area contributed by atoms with E-state index in [1.807, 2.05) is 43.3 Å². The molecule has 1 aliphatic heterocycles. The van der Waals surface area contributed by atoms with Crippen molar-refractivity contribution in [3.05, 3.63) is 97.0 Å². The molecule has 4 N–H and O–H groups in total. The maximum Gasteiger partial charge on any atom is 0.407 e. The van der Waals surface area contributed by atoms with Gasteiger partial charge >= 0.3 is 6.09 Å². The second kappa shape index (κ2) is 17.9. The van der Waals surface area contributed by atoms with Gasteiger partial charge in [-0.3, -0.25) is 9.59 Å². The normalized spacial score (nSPS) is 20.1. The molecule has 0 radical (unpaired) electrons. The first-order chi connectivity index (χ1) is 27.7. The predicted octanol–water partition coefficient (Wildman–Crippen LogP) is 7.32. The molecule has 13 nitrogen and oxygen atoms in total. The minimum atomic E-state index is -0.654. The van der Waals surface area contributed by atoms with Gasteiger partial charge in [0.25, 0.3) is 0 Å². The number of likely N-dealkylation sites (tertiary alicyclic amines) is 1. The number of aromatic nitrogens is 5. The number of H-pyrrole nitrogens is 2. The Hall–Kier alpha value is -5.98. The number of hydrogen-bond acceptors (Lipinski definition) is 8. The summed E-state index contributed by atoms with van der Waals surface area (Å²) >= 11 is 0. The summed E-state index contributed by atoms with van der Waals surface area (Å²) in [6.07, 6.45) is 13.0. The first-order valence-electron chi connectivity index (χ1n) is 19.9. The summed E-state index contributed by atoms with van der Waals surface area (Å²) < 4.78 is 9.91. The maximum atomic E-state index is 13.4. The molecule has 5 aromatic rings. The molecule has 3 amide bonds. The van der Waals surface area contributed by atoms with E-state index in [0.717, 1.165) is 70.2 Å². The van der Waals surface area contributed by atoms with Gasteiger partial charge in [0.15, 0.2) is 0 Å². The Morgan fingerprint density at radius 1 is 0.877 bits per heavy atom. The zero-order valence-electron chi connectivity index (χ0n) is 33.0. The Kier molecular flexibility index (Phi) is 12.3. The van der Waals surface area contributed by atoms with Crippen molar-refractivity contribution in [2.45, 2.75) is 71.0 Å². The number of carbonyl (C=O) groups is 3. The van der Waals surface area contributed by atoms with Gasteiger partial charge in [0.05, 0.1) is 50.4 Å². The van der Waals surface area contributed by atoms with E-state index in [9.17, 15) is 14.4 Å². The third kappa shape index (κ3) is 9.03. The highest BCUT2D eigenvalue weighted by Gasteiger charge is 2.43. The number of rotatable bonds is 11. The highest BCUT2D eigenvalue weighted by Crippen LogP contribution is 2.48. The molecule has 0 spiro atoms. The number of alkyl carbamates (subject to hydrolysis) is 1. The van der Waals surface area contributed by atoms with Gasteiger partial charge in [0, 0.05) is 30.8 Å². The van der Waals surface area contributed by atoms with Crippen LogP contribution in [0.1, 0.15) is 69.8 Å². The molecule has 57 heavy (non-hydrogen) atoms. The number of carbonyl (C=O) groups excluding carboxylic acids is 3. The van der Waals surface area contributed by atoms with Gasteiger partial charge < -0.3 is 35.0 Å². The molecule has 2 aromatic carbocycles. The molecule has 2 aliphatic carbocycles. The van der Waals surface area contributed by atoms with Gasteiger partial charge in [-0.2, -0.15) is 0 Å². The SMILES string of the molecule is COC(=O)NC(C(=O)N1CCCC1c1ncc(-c2ccc(-c3ccc(-c4cnc[nH]4)cc3)cc2)[nH]1)C(C)C.COc1ncccc1CNC(=O)C1CC2CCC1C2. The molecule has 4 heterocycles. The summed E-state index contributed by atoms with van der Waals surface area (Å²) in [5, 5.41) is 5.73. The van der Waals surface area contributed by atoms with Gasteiger partial charge in [-0.1, -0.05) is 74.9 Å². The minimum absolute atomic E-state index is 0.0739. The van der Waals surface area contributed by atoms with E-state index >= 15 is 0 Å². The maximum absolute atomic E-state index is 13.4. The summed E-state index contributed by atoms with van der Waals surface area (Å²) in [7, 11) is 2.90. The number of imidazole rings is 2. The lowest BCUT2D eigenvalue weighted by atomic mass is 9.88. The van der Waals surface area contributed by atoms with Crippen molar-refractivity contribution in [3.63, 3.8) is 0 Å². The van der Waals surface area contributed by atoms with Crippen LogP contribution in [0.3, 0.4) is 0 Å². The Morgan fingerprint density at radius 3 is 2.21 bits per heavy atom. The summed E-state index contributed by atoms with van der Waals surface area (Å²) in [6, 6.07) is 19.7. The molecule has 3 fully saturated rings. The Morgan fingerprint density at radius 2 is 1.60 bits per heavy atom. The number of methoxy groups -OCH3 is 2. The molecular formula is C44H52N8O5. The first-order valence-corrected chi connectivity index (χ1v) is 19.9. The number of amides is 3. The van der Waals surface area contributed by atoms with Crippen molar-refractivity contribution in [2.75, 3.05) is 20.8 Å². The number of benzene rings is 2. The lowest BCUT2D eigenvalue weighted by Gasteiger charge is -2.30. The van der Waals surface area contributed by atoms with E-state index in [4.69, 9.17) is 9.47 Å².